The number of amides is 3. The van der Waals surface area contributed by atoms with Gasteiger partial charge in [-0.2, -0.15) is 5.10 Å². The van der Waals surface area contributed by atoms with Crippen molar-refractivity contribution in [3.8, 4) is 0 Å². The van der Waals surface area contributed by atoms with Gasteiger partial charge in [0.1, 0.15) is 0 Å². The van der Waals surface area contributed by atoms with Crippen LogP contribution in [0, 0.1) is 0 Å². The van der Waals surface area contributed by atoms with E-state index in [1.807, 2.05) is 4.90 Å². The van der Waals surface area contributed by atoms with Gasteiger partial charge in [0.2, 0.25) is 0 Å². The zero-order chi connectivity index (χ0) is 19.4. The Labute approximate surface area is 169 Å². The van der Waals surface area contributed by atoms with Gasteiger partial charge in [-0.25, -0.2) is 4.79 Å². The number of piperidine rings is 1. The molecule has 1 aliphatic carbocycles. The van der Waals surface area contributed by atoms with Gasteiger partial charge in [0.05, 0.1) is 10.2 Å². The number of nitrogens with zero attached hydrogens (tertiary/aromatic N) is 2. The second kappa shape index (κ2) is 9.08. The average Bonchev–Trinajstić information content (AvgIpc) is 3.04. The minimum atomic E-state index is -0.0664. The molecule has 0 unspecified atom stereocenters. The Balaban J connectivity index is 1.47. The fourth-order valence-corrected chi connectivity index (χ4v) is 4.71. The van der Waals surface area contributed by atoms with Crippen LogP contribution in [0.15, 0.2) is 4.47 Å². The van der Waals surface area contributed by atoms with E-state index in [1.54, 1.807) is 0 Å². The summed E-state index contributed by atoms with van der Waals surface area (Å²) in [4.78, 5) is 26.8. The molecular weight excluding hydrogens is 410 g/mol. The van der Waals surface area contributed by atoms with Crippen molar-refractivity contribution in [1.82, 2.24) is 25.7 Å². The maximum atomic E-state index is 12.8. The molecule has 1 saturated carbocycles. The summed E-state index contributed by atoms with van der Waals surface area (Å²) in [6.07, 6.45) is 7.37. The van der Waals surface area contributed by atoms with Crippen LogP contribution in [0.5, 0.6) is 0 Å². The number of likely N-dealkylation sites (tertiary alicyclic amines) is 1. The summed E-state index contributed by atoms with van der Waals surface area (Å²) >= 11 is 3.50. The largest absolute Gasteiger partial charge is 0.337 e. The molecule has 7 nitrogen and oxygen atoms in total. The topological polar surface area (TPSA) is 90.1 Å². The van der Waals surface area contributed by atoms with Gasteiger partial charge < -0.3 is 15.5 Å². The minimum absolute atomic E-state index is 0.0601. The highest BCUT2D eigenvalue weighted by molar-refractivity contribution is 9.10. The van der Waals surface area contributed by atoms with Crippen LogP contribution in [0.1, 0.15) is 80.9 Å². The highest BCUT2D eigenvalue weighted by atomic mass is 79.9. The van der Waals surface area contributed by atoms with Crippen LogP contribution in [0.3, 0.4) is 0 Å². The van der Waals surface area contributed by atoms with Gasteiger partial charge in [-0.05, 0) is 47.5 Å². The zero-order valence-corrected chi connectivity index (χ0v) is 17.8. The molecule has 1 saturated heterocycles. The molecule has 0 atom stereocenters. The van der Waals surface area contributed by atoms with Gasteiger partial charge in [-0.1, -0.05) is 33.1 Å². The lowest BCUT2D eigenvalue weighted by molar-refractivity contribution is 0.0701. The molecule has 0 radical (unpaired) electrons. The van der Waals surface area contributed by atoms with Crippen LogP contribution in [0.25, 0.3) is 0 Å². The van der Waals surface area contributed by atoms with E-state index in [-0.39, 0.29) is 23.9 Å². The summed E-state index contributed by atoms with van der Waals surface area (Å²) in [5.41, 5.74) is 1.38. The second-order valence-electron chi connectivity index (χ2n) is 7.97. The van der Waals surface area contributed by atoms with E-state index in [9.17, 15) is 9.59 Å². The van der Waals surface area contributed by atoms with Gasteiger partial charge in [0.25, 0.3) is 5.91 Å². The first-order chi connectivity index (χ1) is 13.0. The summed E-state index contributed by atoms with van der Waals surface area (Å²) in [6.45, 7) is 5.37. The summed E-state index contributed by atoms with van der Waals surface area (Å²) in [7, 11) is 0. The van der Waals surface area contributed by atoms with Crippen LogP contribution >= 0.6 is 15.9 Å². The molecule has 1 aromatic rings. The van der Waals surface area contributed by atoms with Crippen LogP contribution in [0.4, 0.5) is 4.79 Å². The second-order valence-corrected chi connectivity index (χ2v) is 8.77. The van der Waals surface area contributed by atoms with Gasteiger partial charge in [0.15, 0.2) is 5.69 Å². The van der Waals surface area contributed by atoms with Gasteiger partial charge >= 0.3 is 6.03 Å². The molecule has 3 N–H and O–H groups in total. The molecule has 0 spiro atoms. The van der Waals surface area contributed by atoms with Crippen LogP contribution < -0.4 is 10.6 Å². The Kier molecular flexibility index (Phi) is 6.78. The fourth-order valence-electron chi connectivity index (χ4n) is 3.90. The summed E-state index contributed by atoms with van der Waals surface area (Å²) < 4.78 is 0.759. The Morgan fingerprint density at radius 2 is 1.67 bits per heavy atom. The lowest BCUT2D eigenvalue weighted by Gasteiger charge is -2.32. The molecule has 2 aliphatic rings. The van der Waals surface area contributed by atoms with E-state index in [1.165, 1.54) is 19.3 Å². The Morgan fingerprint density at radius 3 is 2.22 bits per heavy atom. The quantitative estimate of drug-likeness (QED) is 0.669. The number of H-pyrrole nitrogens is 1. The fraction of sp³-hybridized carbons (Fsp3) is 0.737. The average molecular weight is 440 g/mol. The number of aromatic amines is 1. The molecule has 2 heterocycles. The first-order valence-corrected chi connectivity index (χ1v) is 10.8. The van der Waals surface area contributed by atoms with Crippen LogP contribution in [-0.2, 0) is 0 Å². The number of halogens is 1. The minimum Gasteiger partial charge on any atom is -0.337 e. The molecule has 0 aromatic carbocycles. The van der Waals surface area contributed by atoms with E-state index in [0.717, 1.165) is 35.8 Å². The SMILES string of the molecule is CC(C)c1[nH]nc(C(=O)N2CCC(NC(=O)NC3CCCCC3)CC2)c1Br. The Bertz CT molecular complexity index is 661. The Morgan fingerprint density at radius 1 is 1.07 bits per heavy atom. The molecule has 0 bridgehead atoms. The number of hydrogen-bond acceptors (Lipinski definition) is 3. The number of urea groups is 1. The number of rotatable bonds is 4. The molecule has 1 aromatic heterocycles. The maximum absolute atomic E-state index is 12.8. The van der Waals surface area contributed by atoms with Gasteiger partial charge in [-0.15, -0.1) is 0 Å². The van der Waals surface area contributed by atoms with Crippen molar-refractivity contribution >= 4 is 27.9 Å². The maximum Gasteiger partial charge on any atom is 0.315 e. The molecule has 8 heteroatoms. The Hall–Kier alpha value is -1.57. The first-order valence-electron chi connectivity index (χ1n) is 10.1. The third kappa shape index (κ3) is 5.03. The van der Waals surface area contributed by atoms with E-state index in [2.05, 4.69) is 50.6 Å². The van der Waals surface area contributed by atoms with Crippen molar-refractivity contribution in [2.45, 2.75) is 76.8 Å². The lowest BCUT2D eigenvalue weighted by atomic mass is 9.96. The normalized spacial score (nSPS) is 19.3. The summed E-state index contributed by atoms with van der Waals surface area (Å²) in [5, 5.41) is 13.3. The first kappa shape index (κ1) is 20.2. The van der Waals surface area contributed by atoms with E-state index in [0.29, 0.717) is 24.8 Å². The summed E-state index contributed by atoms with van der Waals surface area (Å²) in [6, 6.07) is 0.363. The number of aromatic nitrogens is 2. The van der Waals surface area contributed by atoms with Crippen molar-refractivity contribution in [3.05, 3.63) is 15.9 Å². The molecule has 1 aliphatic heterocycles. The third-order valence-corrected chi connectivity index (χ3v) is 6.37. The smallest absolute Gasteiger partial charge is 0.315 e. The van der Waals surface area contributed by atoms with Crippen LogP contribution in [-0.4, -0.2) is 52.2 Å². The molecule has 3 amide bonds. The zero-order valence-electron chi connectivity index (χ0n) is 16.2. The molecule has 2 fully saturated rings. The predicted octanol–water partition coefficient (Wildman–Crippen LogP) is 3.53. The lowest BCUT2D eigenvalue weighted by Crippen LogP contribution is -2.51. The van der Waals surface area contributed by atoms with Crippen molar-refractivity contribution in [2.24, 2.45) is 0 Å². The van der Waals surface area contributed by atoms with E-state index < -0.39 is 0 Å². The number of hydrogen-bond donors (Lipinski definition) is 3. The highest BCUT2D eigenvalue weighted by Crippen LogP contribution is 2.27. The highest BCUT2D eigenvalue weighted by Gasteiger charge is 2.28. The molecule has 150 valence electrons. The van der Waals surface area contributed by atoms with Crippen molar-refractivity contribution in [2.75, 3.05) is 13.1 Å². The van der Waals surface area contributed by atoms with Gasteiger partial charge in [-0.3, -0.25) is 9.89 Å². The van der Waals surface area contributed by atoms with E-state index >= 15 is 0 Å². The summed E-state index contributed by atoms with van der Waals surface area (Å²) in [5.74, 6) is 0.209. The number of carbonyl (C=O) groups excluding carboxylic acids is 2. The molecule has 3 rings (SSSR count). The van der Waals surface area contributed by atoms with Crippen LogP contribution in [0.2, 0.25) is 0 Å². The molecular formula is C19H30BrN5O2. The number of nitrogens with one attached hydrogen (secondary N) is 3. The van der Waals surface area contributed by atoms with Crippen molar-refractivity contribution < 1.29 is 9.59 Å². The number of carbonyl (C=O) groups is 2. The molecule has 27 heavy (non-hydrogen) atoms. The van der Waals surface area contributed by atoms with Crippen molar-refractivity contribution in [3.63, 3.8) is 0 Å². The standard InChI is InChI=1S/C19H30BrN5O2/c1-12(2)16-15(20)17(24-23-16)18(26)25-10-8-14(9-11-25)22-19(27)21-13-6-4-3-5-7-13/h12-14H,3-11H2,1-2H3,(H,23,24)(H2,21,22,27). The third-order valence-electron chi connectivity index (χ3n) is 5.57. The predicted molar refractivity (Wildman–Crippen MR) is 108 cm³/mol. The van der Waals surface area contributed by atoms with Crippen molar-refractivity contribution in [1.29, 1.82) is 0 Å². The van der Waals surface area contributed by atoms with E-state index in [4.69, 9.17) is 0 Å². The van der Waals surface area contributed by atoms with Gasteiger partial charge in [0, 0.05) is 25.2 Å². The monoisotopic (exact) mass is 439 g/mol.